The number of alkyl halides is 3. The third-order valence-electron chi connectivity index (χ3n) is 1.33. The summed E-state index contributed by atoms with van der Waals surface area (Å²) in [4.78, 5) is 0. The Morgan fingerprint density at radius 1 is 1.14 bits per heavy atom. The molecule has 1 aromatic carbocycles. The summed E-state index contributed by atoms with van der Waals surface area (Å²) in [5.74, 6) is 0. The van der Waals surface area contributed by atoms with Gasteiger partial charge in [0.1, 0.15) is 0 Å². The van der Waals surface area contributed by atoms with Crippen molar-refractivity contribution in [3.05, 3.63) is 28.8 Å². The minimum Gasteiger partial charge on any atom is -0.870 e. The Hall–Kier alpha value is -0.715. The van der Waals surface area contributed by atoms with Gasteiger partial charge in [-0.05, 0) is 0 Å². The molecule has 0 amide bonds. The fraction of sp³-hybridized carbons (Fsp3) is 0.143. The average molecular weight is 224 g/mol. The summed E-state index contributed by atoms with van der Waals surface area (Å²) in [7, 11) is 5.23. The molecule has 76 valence electrons. The molecule has 2 N–H and O–H groups in total. The second kappa shape index (κ2) is 5.24. The first-order valence-corrected chi connectivity index (χ1v) is 3.41. The van der Waals surface area contributed by atoms with Crippen LogP contribution in [0.2, 0.25) is 5.02 Å². The van der Waals surface area contributed by atoms with Gasteiger partial charge in [0.05, 0.1) is 0 Å². The Morgan fingerprint density at radius 2 is 1.64 bits per heavy atom. The molecule has 0 aliphatic carbocycles. The zero-order valence-corrected chi connectivity index (χ0v) is 7.47. The van der Waals surface area contributed by atoms with Gasteiger partial charge in [-0.25, -0.2) is 0 Å². The van der Waals surface area contributed by atoms with Crippen LogP contribution >= 0.6 is 11.6 Å². The van der Waals surface area contributed by atoms with E-state index in [-0.39, 0.29) is 21.4 Å². The molecular weight excluding hydrogens is 219 g/mol. The van der Waals surface area contributed by atoms with Gasteiger partial charge >= 0.3 is 73.0 Å². The van der Waals surface area contributed by atoms with Gasteiger partial charge in [-0.2, -0.15) is 0 Å². The normalized spacial score (nSPS) is 10.1. The van der Waals surface area contributed by atoms with Crippen molar-refractivity contribution < 1.29 is 24.1 Å². The van der Waals surface area contributed by atoms with Crippen LogP contribution < -0.4 is 5.46 Å². The number of hydrogen-bond donors (Lipinski definition) is 0. The molecule has 0 bridgehead atoms. The smallest absolute Gasteiger partial charge is 0.870 e. The van der Waals surface area contributed by atoms with Crippen molar-refractivity contribution in [2.24, 2.45) is 0 Å². The van der Waals surface area contributed by atoms with Gasteiger partial charge in [-0.15, -0.1) is 0 Å². The molecular formula is C7H5BClF3O2. The molecule has 1 aromatic rings. The van der Waals surface area contributed by atoms with E-state index in [9.17, 15) is 13.2 Å². The van der Waals surface area contributed by atoms with E-state index in [1.165, 1.54) is 0 Å². The van der Waals surface area contributed by atoms with Crippen LogP contribution in [-0.2, 0) is 6.18 Å². The van der Waals surface area contributed by atoms with E-state index in [0.717, 1.165) is 18.2 Å². The molecule has 0 saturated carbocycles. The van der Waals surface area contributed by atoms with Gasteiger partial charge in [0.15, 0.2) is 0 Å². The van der Waals surface area contributed by atoms with Gasteiger partial charge in [-0.1, -0.05) is 0 Å². The summed E-state index contributed by atoms with van der Waals surface area (Å²) in [6.07, 6.45) is -4.36. The third kappa shape index (κ3) is 3.57. The number of hydrogen-bond acceptors (Lipinski definition) is 2. The van der Waals surface area contributed by atoms with Gasteiger partial charge in [0, 0.05) is 0 Å². The first-order valence-electron chi connectivity index (χ1n) is 3.03. The van der Waals surface area contributed by atoms with E-state index in [0.29, 0.717) is 0 Å². The van der Waals surface area contributed by atoms with Crippen LogP contribution in [-0.4, -0.2) is 18.8 Å². The van der Waals surface area contributed by atoms with Crippen LogP contribution in [0, 0.1) is 0 Å². The van der Waals surface area contributed by atoms with E-state index >= 15 is 0 Å². The number of benzene rings is 1. The van der Waals surface area contributed by atoms with Crippen molar-refractivity contribution in [3.63, 3.8) is 0 Å². The summed E-state index contributed by atoms with van der Waals surface area (Å²) >= 11 is 5.39. The van der Waals surface area contributed by atoms with Crippen molar-refractivity contribution in [1.29, 1.82) is 0 Å². The summed E-state index contributed by atoms with van der Waals surface area (Å²) in [5, 5.41) is -0.0789. The molecule has 0 aliphatic heterocycles. The van der Waals surface area contributed by atoms with Gasteiger partial charge in [0.25, 0.3) is 0 Å². The molecule has 0 aliphatic rings. The van der Waals surface area contributed by atoms with Crippen LogP contribution in [0.1, 0.15) is 5.56 Å². The average Bonchev–Trinajstić information content (AvgIpc) is 1.92. The zero-order valence-electron chi connectivity index (χ0n) is 6.72. The van der Waals surface area contributed by atoms with Crippen LogP contribution in [0.25, 0.3) is 0 Å². The van der Waals surface area contributed by atoms with Crippen LogP contribution in [0.3, 0.4) is 0 Å². The summed E-state index contributed by atoms with van der Waals surface area (Å²) < 4.78 is 36.0. The number of rotatable bonds is 0. The summed E-state index contributed by atoms with van der Waals surface area (Å²) in [5.41, 5.74) is -0.647. The van der Waals surface area contributed by atoms with Crippen LogP contribution in [0.5, 0.6) is 0 Å². The van der Waals surface area contributed by atoms with Gasteiger partial charge < -0.3 is 11.0 Å². The molecule has 7 heteroatoms. The minimum atomic E-state index is -4.36. The Morgan fingerprint density at radius 3 is 2.00 bits per heavy atom. The maximum atomic E-state index is 12.0. The van der Waals surface area contributed by atoms with Crippen molar-refractivity contribution in [2.45, 2.75) is 6.18 Å². The first-order chi connectivity index (χ1) is 5.41. The van der Waals surface area contributed by atoms with Crippen molar-refractivity contribution in [2.75, 3.05) is 0 Å². The van der Waals surface area contributed by atoms with E-state index in [1.807, 2.05) is 0 Å². The second-order valence-electron chi connectivity index (χ2n) is 2.23. The van der Waals surface area contributed by atoms with Crippen LogP contribution in [0.15, 0.2) is 18.2 Å². The number of halogens is 4. The molecule has 0 unspecified atom stereocenters. The molecule has 0 saturated heterocycles. The molecule has 0 aromatic heterocycles. The van der Waals surface area contributed by atoms with Gasteiger partial charge in [0.2, 0.25) is 0 Å². The molecule has 0 heterocycles. The first kappa shape index (κ1) is 15.7. The molecule has 0 atom stereocenters. The van der Waals surface area contributed by atoms with Crippen LogP contribution in [0.4, 0.5) is 13.2 Å². The maximum absolute atomic E-state index is 12.0. The quantitative estimate of drug-likeness (QED) is 0.631. The Labute approximate surface area is 84.7 Å². The maximum Gasteiger partial charge on any atom is -0.870 e. The fourth-order valence-electron chi connectivity index (χ4n) is 0.703. The zero-order chi connectivity index (χ0) is 9.35. The molecule has 1 rings (SSSR count). The van der Waals surface area contributed by atoms with Crippen molar-refractivity contribution in [3.8, 4) is 0 Å². The van der Waals surface area contributed by atoms with E-state index in [1.54, 1.807) is 0 Å². The largest absolute Gasteiger partial charge is 0.870 e. The monoisotopic (exact) mass is 224 g/mol. The van der Waals surface area contributed by atoms with Gasteiger partial charge in [-0.3, -0.25) is 0 Å². The summed E-state index contributed by atoms with van der Waals surface area (Å²) in [6, 6.07) is 2.82. The van der Waals surface area contributed by atoms with E-state index < -0.39 is 11.7 Å². The second-order valence-corrected chi connectivity index (χ2v) is 2.64. The third-order valence-corrected chi connectivity index (χ3v) is 1.66. The van der Waals surface area contributed by atoms with Crippen molar-refractivity contribution in [1.82, 2.24) is 0 Å². The topological polar surface area (TPSA) is 60.0 Å². The fourth-order valence-corrected chi connectivity index (χ4v) is 0.884. The molecule has 0 radical (unpaired) electrons. The Bertz CT molecular complexity index is 303. The molecule has 0 spiro atoms. The standard InChI is InChI=1S/C7H3BClF3.2H2O/c8-5-2-1-4(3-6(5)9)7(10,11)12;;/h1-3H;2*1H2/q+2;;/p-2. The Balaban J connectivity index is 0. The Kier molecular flexibility index (Phi) is 5.89. The predicted molar refractivity (Wildman–Crippen MR) is 45.7 cm³/mol. The molecule has 2 nitrogen and oxygen atoms in total. The minimum absolute atomic E-state index is 0. The summed E-state index contributed by atoms with van der Waals surface area (Å²) in [6.45, 7) is 0. The predicted octanol–water partition coefficient (Wildman–Crippen LogP) is 1.80. The van der Waals surface area contributed by atoms with E-state index in [4.69, 9.17) is 19.4 Å². The SMILES string of the molecule is [B+2]c1ccc(C(F)(F)F)cc1Cl.[OH-].[OH-]. The molecule has 0 fully saturated rings. The van der Waals surface area contributed by atoms with Crippen molar-refractivity contribution >= 4 is 24.9 Å². The molecule has 14 heavy (non-hydrogen) atoms. The van der Waals surface area contributed by atoms with E-state index in [2.05, 4.69) is 0 Å².